The molecule has 0 spiro atoms. The van der Waals surface area contributed by atoms with Crippen LogP contribution in [0.3, 0.4) is 0 Å². The SMILES string of the molecule is CC(C(=O)NC(c1ccc(OCc2ccccc2)cc1)C1CCCN1C(=O)OC(C)(C)C)c1ccccc1. The first-order chi connectivity index (χ1) is 18.2. The second kappa shape index (κ2) is 12.2. The predicted molar refractivity (Wildman–Crippen MR) is 149 cm³/mol. The van der Waals surface area contributed by atoms with Crippen molar-refractivity contribution in [1.82, 2.24) is 10.2 Å². The summed E-state index contributed by atoms with van der Waals surface area (Å²) in [5.74, 6) is 0.334. The van der Waals surface area contributed by atoms with Gasteiger partial charge in [0.1, 0.15) is 18.0 Å². The van der Waals surface area contributed by atoms with E-state index in [1.165, 1.54) is 0 Å². The number of carbonyl (C=O) groups excluding carboxylic acids is 2. The molecule has 1 aliphatic heterocycles. The maximum absolute atomic E-state index is 13.4. The Morgan fingerprint density at radius 1 is 0.921 bits per heavy atom. The van der Waals surface area contributed by atoms with Crippen LogP contribution < -0.4 is 10.1 Å². The summed E-state index contributed by atoms with van der Waals surface area (Å²) in [6.07, 6.45) is 1.28. The average Bonchev–Trinajstić information content (AvgIpc) is 3.40. The number of likely N-dealkylation sites (tertiary alicyclic amines) is 1. The zero-order valence-corrected chi connectivity index (χ0v) is 22.7. The first kappa shape index (κ1) is 27.2. The van der Waals surface area contributed by atoms with Crippen molar-refractivity contribution in [1.29, 1.82) is 0 Å². The van der Waals surface area contributed by atoms with Gasteiger partial charge in [-0.1, -0.05) is 72.8 Å². The summed E-state index contributed by atoms with van der Waals surface area (Å²) in [7, 11) is 0. The summed E-state index contributed by atoms with van der Waals surface area (Å²) in [6, 6.07) is 26.9. The van der Waals surface area contributed by atoms with E-state index < -0.39 is 5.60 Å². The maximum Gasteiger partial charge on any atom is 0.410 e. The Labute approximate surface area is 226 Å². The van der Waals surface area contributed by atoms with Gasteiger partial charge in [0.15, 0.2) is 0 Å². The Kier molecular flexibility index (Phi) is 8.72. The third-order valence-electron chi connectivity index (χ3n) is 6.79. The summed E-state index contributed by atoms with van der Waals surface area (Å²) >= 11 is 0. The van der Waals surface area contributed by atoms with Gasteiger partial charge in [-0.05, 0) is 69.4 Å². The van der Waals surface area contributed by atoms with Gasteiger partial charge in [-0.2, -0.15) is 0 Å². The second-order valence-electron chi connectivity index (χ2n) is 10.8. The number of amides is 2. The topological polar surface area (TPSA) is 67.9 Å². The first-order valence-corrected chi connectivity index (χ1v) is 13.3. The van der Waals surface area contributed by atoms with E-state index >= 15 is 0 Å². The van der Waals surface area contributed by atoms with Crippen molar-refractivity contribution in [3.05, 3.63) is 102 Å². The summed E-state index contributed by atoms with van der Waals surface area (Å²) < 4.78 is 11.7. The molecule has 0 aliphatic carbocycles. The number of hydrogen-bond acceptors (Lipinski definition) is 4. The van der Waals surface area contributed by atoms with Crippen LogP contribution in [0.15, 0.2) is 84.9 Å². The van der Waals surface area contributed by atoms with Crippen LogP contribution >= 0.6 is 0 Å². The lowest BCUT2D eigenvalue weighted by Gasteiger charge is -2.34. The molecule has 1 fully saturated rings. The molecule has 1 N–H and O–H groups in total. The molecule has 0 bridgehead atoms. The van der Waals surface area contributed by atoms with Gasteiger partial charge >= 0.3 is 6.09 Å². The molecule has 2 amide bonds. The molecule has 1 saturated heterocycles. The van der Waals surface area contributed by atoms with Gasteiger partial charge in [0.25, 0.3) is 0 Å². The predicted octanol–water partition coefficient (Wildman–Crippen LogP) is 6.63. The molecular weight excluding hydrogens is 476 g/mol. The number of hydrogen-bond donors (Lipinski definition) is 1. The second-order valence-corrected chi connectivity index (χ2v) is 10.8. The van der Waals surface area contributed by atoms with Gasteiger partial charge in [-0.3, -0.25) is 4.79 Å². The molecule has 200 valence electrons. The van der Waals surface area contributed by atoms with E-state index in [0.29, 0.717) is 13.2 Å². The Bertz CT molecular complexity index is 1190. The van der Waals surface area contributed by atoms with Crippen molar-refractivity contribution in [2.75, 3.05) is 6.54 Å². The highest BCUT2D eigenvalue weighted by molar-refractivity contribution is 5.83. The number of carbonyl (C=O) groups is 2. The van der Waals surface area contributed by atoms with Crippen LogP contribution in [0.4, 0.5) is 4.79 Å². The number of nitrogens with zero attached hydrogens (tertiary/aromatic N) is 1. The Hall–Kier alpha value is -3.80. The highest BCUT2D eigenvalue weighted by Gasteiger charge is 2.39. The maximum atomic E-state index is 13.4. The van der Waals surface area contributed by atoms with E-state index in [2.05, 4.69) is 5.32 Å². The molecule has 1 heterocycles. The minimum absolute atomic E-state index is 0.0818. The fraction of sp³-hybridized carbons (Fsp3) is 0.375. The summed E-state index contributed by atoms with van der Waals surface area (Å²) in [5, 5.41) is 3.27. The monoisotopic (exact) mass is 514 g/mol. The van der Waals surface area contributed by atoms with Crippen LogP contribution in [0.1, 0.15) is 69.2 Å². The van der Waals surface area contributed by atoms with E-state index in [-0.39, 0.29) is 30.0 Å². The molecule has 4 rings (SSSR count). The quantitative estimate of drug-likeness (QED) is 0.367. The standard InChI is InChI=1S/C32H38N2O4/c1-23(25-14-9-6-10-15-25)30(35)33-29(28-16-11-21-34(28)31(36)38-32(2,3)4)26-17-19-27(20-18-26)37-22-24-12-7-5-8-13-24/h5-10,12-15,17-20,23,28-29H,11,16,21-22H2,1-4H3,(H,33,35). The smallest absolute Gasteiger partial charge is 0.410 e. The third-order valence-corrected chi connectivity index (χ3v) is 6.79. The summed E-state index contributed by atoms with van der Waals surface area (Å²) in [4.78, 5) is 28.3. The highest BCUT2D eigenvalue weighted by Crippen LogP contribution is 2.32. The Morgan fingerprint density at radius 2 is 1.55 bits per heavy atom. The average molecular weight is 515 g/mol. The molecule has 0 saturated carbocycles. The van der Waals surface area contributed by atoms with Crippen molar-refractivity contribution in [2.24, 2.45) is 0 Å². The van der Waals surface area contributed by atoms with E-state index in [0.717, 1.165) is 35.3 Å². The van der Waals surface area contributed by atoms with Crippen LogP contribution in [0.5, 0.6) is 5.75 Å². The van der Waals surface area contributed by atoms with Gasteiger partial charge in [0.05, 0.1) is 18.0 Å². The van der Waals surface area contributed by atoms with Crippen LogP contribution in [0.2, 0.25) is 0 Å². The summed E-state index contributed by atoms with van der Waals surface area (Å²) in [6.45, 7) is 8.58. The van der Waals surface area contributed by atoms with E-state index in [1.807, 2.05) is 113 Å². The van der Waals surface area contributed by atoms with Gasteiger partial charge < -0.3 is 19.7 Å². The van der Waals surface area contributed by atoms with Crippen LogP contribution in [-0.4, -0.2) is 35.1 Å². The van der Waals surface area contributed by atoms with E-state index in [4.69, 9.17) is 9.47 Å². The van der Waals surface area contributed by atoms with Gasteiger partial charge in [0.2, 0.25) is 5.91 Å². The van der Waals surface area contributed by atoms with Crippen molar-refractivity contribution in [3.8, 4) is 5.75 Å². The van der Waals surface area contributed by atoms with Gasteiger partial charge in [-0.25, -0.2) is 4.79 Å². The van der Waals surface area contributed by atoms with Crippen molar-refractivity contribution < 1.29 is 19.1 Å². The Morgan fingerprint density at radius 3 is 2.18 bits per heavy atom. The van der Waals surface area contributed by atoms with E-state index in [1.54, 1.807) is 4.90 Å². The molecule has 3 aromatic rings. The van der Waals surface area contributed by atoms with Crippen molar-refractivity contribution in [3.63, 3.8) is 0 Å². The molecule has 3 aromatic carbocycles. The molecule has 38 heavy (non-hydrogen) atoms. The fourth-order valence-corrected chi connectivity index (χ4v) is 4.77. The Balaban J connectivity index is 1.56. The minimum atomic E-state index is -0.595. The zero-order chi connectivity index (χ0) is 27.1. The molecule has 3 atom stereocenters. The number of ether oxygens (including phenoxy) is 2. The zero-order valence-electron chi connectivity index (χ0n) is 22.7. The minimum Gasteiger partial charge on any atom is -0.489 e. The lowest BCUT2D eigenvalue weighted by molar-refractivity contribution is -0.123. The lowest BCUT2D eigenvalue weighted by Crippen LogP contribution is -2.47. The molecule has 6 heteroatoms. The molecule has 6 nitrogen and oxygen atoms in total. The first-order valence-electron chi connectivity index (χ1n) is 13.3. The molecular formula is C32H38N2O4. The van der Waals surface area contributed by atoms with Crippen LogP contribution in [-0.2, 0) is 16.1 Å². The molecule has 0 radical (unpaired) electrons. The van der Waals surface area contributed by atoms with Gasteiger partial charge in [0, 0.05) is 6.54 Å². The summed E-state index contributed by atoms with van der Waals surface area (Å²) in [5.41, 5.74) is 2.37. The molecule has 0 aromatic heterocycles. The van der Waals surface area contributed by atoms with Crippen molar-refractivity contribution >= 4 is 12.0 Å². The van der Waals surface area contributed by atoms with Crippen molar-refractivity contribution in [2.45, 2.75) is 70.7 Å². The highest BCUT2D eigenvalue weighted by atomic mass is 16.6. The molecule has 1 aliphatic rings. The molecule has 3 unspecified atom stereocenters. The largest absolute Gasteiger partial charge is 0.489 e. The number of nitrogens with one attached hydrogen (secondary N) is 1. The van der Waals surface area contributed by atoms with Gasteiger partial charge in [-0.15, -0.1) is 0 Å². The third kappa shape index (κ3) is 7.15. The fourth-order valence-electron chi connectivity index (χ4n) is 4.77. The normalized spacial score (nSPS) is 16.9. The lowest BCUT2D eigenvalue weighted by atomic mass is 9.94. The van der Waals surface area contributed by atoms with Crippen LogP contribution in [0.25, 0.3) is 0 Å². The number of benzene rings is 3. The van der Waals surface area contributed by atoms with E-state index in [9.17, 15) is 9.59 Å². The van der Waals surface area contributed by atoms with Crippen LogP contribution in [0, 0.1) is 0 Å². The number of rotatable bonds is 8.